The van der Waals surface area contributed by atoms with E-state index in [4.69, 9.17) is 0 Å². The summed E-state index contributed by atoms with van der Waals surface area (Å²) in [6.45, 7) is 0.925. The van der Waals surface area contributed by atoms with Crippen molar-refractivity contribution in [1.82, 2.24) is 10.3 Å². The second-order valence-corrected chi connectivity index (χ2v) is 5.88. The van der Waals surface area contributed by atoms with E-state index in [1.54, 1.807) is 0 Å². The first-order valence-corrected chi connectivity index (χ1v) is 7.78. The number of aromatic amines is 1. The van der Waals surface area contributed by atoms with Crippen molar-refractivity contribution in [2.24, 2.45) is 0 Å². The minimum absolute atomic E-state index is 0.490. The lowest BCUT2D eigenvalue weighted by molar-refractivity contribution is 0.460. The Labute approximate surface area is 125 Å². The monoisotopic (exact) mass is 276 g/mol. The number of hydrogen-bond donors (Lipinski definition) is 2. The average molecular weight is 276 g/mol. The predicted octanol–water partition coefficient (Wildman–Crippen LogP) is 4.34. The van der Waals surface area contributed by atoms with Crippen LogP contribution in [0.25, 0.3) is 10.9 Å². The Balaban J connectivity index is 1.57. The standard InChI is InChI=1S/C19H20N2/c1-2-8-16-14(5-1)6-3-10-19(16)21-13-15-7-4-9-18-17(15)11-12-20-18/h1-2,4-5,7-9,11-12,19-21H,3,6,10,13H2. The maximum atomic E-state index is 3.76. The first kappa shape index (κ1) is 12.7. The zero-order chi connectivity index (χ0) is 14.1. The van der Waals surface area contributed by atoms with Crippen LogP contribution in [0.1, 0.15) is 35.6 Å². The molecule has 1 aliphatic rings. The fraction of sp³-hybridized carbons (Fsp3) is 0.263. The Kier molecular flexibility index (Phi) is 3.24. The van der Waals surface area contributed by atoms with Crippen molar-refractivity contribution in [2.45, 2.75) is 31.8 Å². The molecule has 106 valence electrons. The Hall–Kier alpha value is -2.06. The van der Waals surface area contributed by atoms with Gasteiger partial charge in [-0.3, -0.25) is 0 Å². The largest absolute Gasteiger partial charge is 0.361 e. The van der Waals surface area contributed by atoms with Gasteiger partial charge < -0.3 is 10.3 Å². The smallest absolute Gasteiger partial charge is 0.0457 e. The van der Waals surface area contributed by atoms with Crippen LogP contribution >= 0.6 is 0 Å². The first-order valence-electron chi connectivity index (χ1n) is 7.78. The predicted molar refractivity (Wildman–Crippen MR) is 87.3 cm³/mol. The Morgan fingerprint density at radius 1 is 1.05 bits per heavy atom. The molecule has 0 saturated carbocycles. The van der Waals surface area contributed by atoms with Crippen molar-refractivity contribution >= 4 is 10.9 Å². The molecule has 0 spiro atoms. The van der Waals surface area contributed by atoms with E-state index >= 15 is 0 Å². The summed E-state index contributed by atoms with van der Waals surface area (Å²) in [5.74, 6) is 0. The molecular weight excluding hydrogens is 256 g/mol. The van der Waals surface area contributed by atoms with Crippen LogP contribution in [-0.2, 0) is 13.0 Å². The van der Waals surface area contributed by atoms with E-state index in [-0.39, 0.29) is 0 Å². The SMILES string of the molecule is c1ccc2c(c1)CCCC2NCc1cccc2[nH]ccc12. The molecule has 2 heteroatoms. The highest BCUT2D eigenvalue weighted by Gasteiger charge is 2.19. The van der Waals surface area contributed by atoms with Gasteiger partial charge in [-0.15, -0.1) is 0 Å². The van der Waals surface area contributed by atoms with Crippen LogP contribution in [-0.4, -0.2) is 4.98 Å². The van der Waals surface area contributed by atoms with E-state index in [1.165, 1.54) is 46.9 Å². The zero-order valence-corrected chi connectivity index (χ0v) is 12.1. The zero-order valence-electron chi connectivity index (χ0n) is 12.1. The average Bonchev–Trinajstić information content (AvgIpc) is 3.02. The van der Waals surface area contributed by atoms with Gasteiger partial charge in [0.25, 0.3) is 0 Å². The van der Waals surface area contributed by atoms with Crippen LogP contribution in [0.15, 0.2) is 54.7 Å². The summed E-state index contributed by atoms with van der Waals surface area (Å²) in [5, 5.41) is 5.09. The lowest BCUT2D eigenvalue weighted by atomic mass is 9.87. The van der Waals surface area contributed by atoms with E-state index in [9.17, 15) is 0 Å². The molecule has 2 N–H and O–H groups in total. The van der Waals surface area contributed by atoms with Gasteiger partial charge in [-0.2, -0.15) is 0 Å². The fourth-order valence-electron chi connectivity index (χ4n) is 3.50. The second-order valence-electron chi connectivity index (χ2n) is 5.88. The number of H-pyrrole nitrogens is 1. The van der Waals surface area contributed by atoms with E-state index in [2.05, 4.69) is 58.8 Å². The van der Waals surface area contributed by atoms with Crippen molar-refractivity contribution in [3.05, 3.63) is 71.4 Å². The van der Waals surface area contributed by atoms with E-state index in [0.717, 1.165) is 6.54 Å². The summed E-state index contributed by atoms with van der Waals surface area (Å²) in [6, 6.07) is 18.0. The van der Waals surface area contributed by atoms with Crippen LogP contribution in [0.4, 0.5) is 0 Å². The molecular formula is C19H20N2. The highest BCUT2D eigenvalue weighted by Crippen LogP contribution is 2.30. The number of rotatable bonds is 3. The highest BCUT2D eigenvalue weighted by atomic mass is 14.9. The maximum absolute atomic E-state index is 3.76. The van der Waals surface area contributed by atoms with E-state index < -0.39 is 0 Å². The first-order chi connectivity index (χ1) is 10.4. The quantitative estimate of drug-likeness (QED) is 0.732. The molecule has 3 aromatic rings. The van der Waals surface area contributed by atoms with Crippen LogP contribution in [0.2, 0.25) is 0 Å². The van der Waals surface area contributed by atoms with Gasteiger partial charge in [0.05, 0.1) is 0 Å². The molecule has 2 nitrogen and oxygen atoms in total. The minimum Gasteiger partial charge on any atom is -0.361 e. The van der Waals surface area contributed by atoms with Gasteiger partial charge in [0.1, 0.15) is 0 Å². The molecule has 21 heavy (non-hydrogen) atoms. The molecule has 1 aliphatic carbocycles. The third-order valence-corrected chi connectivity index (χ3v) is 4.59. The molecule has 0 bridgehead atoms. The summed E-state index contributed by atoms with van der Waals surface area (Å²) in [5.41, 5.74) is 5.60. The van der Waals surface area contributed by atoms with Crippen LogP contribution in [0.5, 0.6) is 0 Å². The van der Waals surface area contributed by atoms with Gasteiger partial charge in [0.2, 0.25) is 0 Å². The van der Waals surface area contributed by atoms with Gasteiger partial charge in [-0.25, -0.2) is 0 Å². The van der Waals surface area contributed by atoms with E-state index in [1.807, 2.05) is 6.20 Å². The van der Waals surface area contributed by atoms with Gasteiger partial charge in [-0.1, -0.05) is 36.4 Å². The number of benzene rings is 2. The molecule has 1 heterocycles. The number of fused-ring (bicyclic) bond motifs is 2. The minimum atomic E-state index is 0.490. The third kappa shape index (κ3) is 2.36. The normalized spacial score (nSPS) is 17.8. The molecule has 1 aromatic heterocycles. The summed E-state index contributed by atoms with van der Waals surface area (Å²) in [7, 11) is 0. The van der Waals surface area contributed by atoms with Crippen LogP contribution in [0, 0.1) is 0 Å². The molecule has 0 aliphatic heterocycles. The van der Waals surface area contributed by atoms with Crippen molar-refractivity contribution in [2.75, 3.05) is 0 Å². The van der Waals surface area contributed by atoms with E-state index in [0.29, 0.717) is 6.04 Å². The van der Waals surface area contributed by atoms with Crippen molar-refractivity contribution in [3.63, 3.8) is 0 Å². The molecule has 1 atom stereocenters. The highest BCUT2D eigenvalue weighted by molar-refractivity contribution is 5.82. The van der Waals surface area contributed by atoms with Gasteiger partial charge in [-0.05, 0) is 48.1 Å². The number of aromatic nitrogens is 1. The van der Waals surface area contributed by atoms with Gasteiger partial charge in [0, 0.05) is 29.7 Å². The Bertz CT molecular complexity index is 757. The lowest BCUT2D eigenvalue weighted by Crippen LogP contribution is -2.24. The topological polar surface area (TPSA) is 27.8 Å². The Morgan fingerprint density at radius 3 is 3.00 bits per heavy atom. The summed E-state index contributed by atoms with van der Waals surface area (Å²) < 4.78 is 0. The van der Waals surface area contributed by atoms with Gasteiger partial charge in [0.15, 0.2) is 0 Å². The number of aryl methyl sites for hydroxylation is 1. The molecule has 0 fully saturated rings. The number of hydrogen-bond acceptors (Lipinski definition) is 1. The molecule has 4 rings (SSSR count). The van der Waals surface area contributed by atoms with Crippen LogP contribution in [0.3, 0.4) is 0 Å². The summed E-state index contributed by atoms with van der Waals surface area (Å²) in [4.78, 5) is 3.29. The lowest BCUT2D eigenvalue weighted by Gasteiger charge is -2.26. The van der Waals surface area contributed by atoms with Gasteiger partial charge >= 0.3 is 0 Å². The molecule has 0 saturated heterocycles. The Morgan fingerprint density at radius 2 is 2.00 bits per heavy atom. The molecule has 0 amide bonds. The number of nitrogens with one attached hydrogen (secondary N) is 2. The molecule has 1 unspecified atom stereocenters. The summed E-state index contributed by atoms with van der Waals surface area (Å²) >= 11 is 0. The van der Waals surface area contributed by atoms with Crippen molar-refractivity contribution in [1.29, 1.82) is 0 Å². The maximum Gasteiger partial charge on any atom is 0.0457 e. The van der Waals surface area contributed by atoms with Crippen molar-refractivity contribution in [3.8, 4) is 0 Å². The third-order valence-electron chi connectivity index (χ3n) is 4.59. The molecule has 0 radical (unpaired) electrons. The van der Waals surface area contributed by atoms with Crippen LogP contribution < -0.4 is 5.32 Å². The molecule has 2 aromatic carbocycles. The summed E-state index contributed by atoms with van der Waals surface area (Å²) in [6.07, 6.45) is 5.76. The van der Waals surface area contributed by atoms with Crippen molar-refractivity contribution < 1.29 is 0 Å². The fourth-order valence-corrected chi connectivity index (χ4v) is 3.50. The second kappa shape index (κ2) is 5.38.